The predicted octanol–water partition coefficient (Wildman–Crippen LogP) is 1.27. The first-order valence-corrected chi connectivity index (χ1v) is 9.23. The molecular weight excluding hydrogens is 330 g/mol. The maximum absolute atomic E-state index is 12.5. The van der Waals surface area contributed by atoms with E-state index in [1.807, 2.05) is 6.20 Å². The number of nitrogens with one attached hydrogen (secondary N) is 1. The smallest absolute Gasteiger partial charge is 0.257 e. The summed E-state index contributed by atoms with van der Waals surface area (Å²) in [6.07, 6.45) is 6.80. The van der Waals surface area contributed by atoms with Gasteiger partial charge < -0.3 is 9.09 Å². The Kier molecular flexibility index (Phi) is 3.61. The van der Waals surface area contributed by atoms with E-state index >= 15 is 0 Å². The highest BCUT2D eigenvalue weighted by Crippen LogP contribution is 2.21. The molecule has 0 amide bonds. The first kappa shape index (κ1) is 15.3. The first-order chi connectivity index (χ1) is 11.5. The summed E-state index contributed by atoms with van der Waals surface area (Å²) < 4.78 is 34.8. The average molecular weight is 347 g/mol. The largest absolute Gasteiger partial charge is 0.336 e. The van der Waals surface area contributed by atoms with Gasteiger partial charge in [0.25, 0.3) is 5.71 Å². The second-order valence-corrected chi connectivity index (χ2v) is 7.81. The standard InChI is InChI=1S/C15H17N5O3S/c1-10-13-6-12(8-17-15(13)23-19-10)24(21,22)18-7-11-2-3-14-16-4-5-20(14)9-11/h4-6,8,11,18H,2-3,7,9H2,1H3. The van der Waals surface area contributed by atoms with E-state index in [4.69, 9.17) is 4.52 Å². The summed E-state index contributed by atoms with van der Waals surface area (Å²) in [4.78, 5) is 8.43. The molecule has 0 saturated heterocycles. The Morgan fingerprint density at radius 3 is 3.17 bits per heavy atom. The summed E-state index contributed by atoms with van der Waals surface area (Å²) in [5, 5.41) is 4.40. The molecule has 126 valence electrons. The molecule has 1 aliphatic rings. The molecule has 1 atom stereocenters. The number of pyridine rings is 1. The molecule has 9 heteroatoms. The van der Waals surface area contributed by atoms with Gasteiger partial charge in [0.1, 0.15) is 10.7 Å². The molecule has 1 aliphatic heterocycles. The fraction of sp³-hybridized carbons (Fsp3) is 0.400. The van der Waals surface area contributed by atoms with Crippen LogP contribution in [-0.4, -0.2) is 34.7 Å². The number of aryl methyl sites for hydroxylation is 2. The van der Waals surface area contributed by atoms with Gasteiger partial charge in [-0.15, -0.1) is 0 Å². The molecule has 0 fully saturated rings. The van der Waals surface area contributed by atoms with E-state index in [9.17, 15) is 8.42 Å². The van der Waals surface area contributed by atoms with Crippen molar-refractivity contribution in [2.24, 2.45) is 5.92 Å². The van der Waals surface area contributed by atoms with Gasteiger partial charge in [0.05, 0.1) is 17.3 Å². The minimum absolute atomic E-state index is 0.125. The highest BCUT2D eigenvalue weighted by Gasteiger charge is 2.22. The zero-order chi connectivity index (χ0) is 16.7. The molecule has 4 heterocycles. The fourth-order valence-corrected chi connectivity index (χ4v) is 4.07. The lowest BCUT2D eigenvalue weighted by atomic mass is 10.00. The number of hydrogen-bond donors (Lipinski definition) is 1. The summed E-state index contributed by atoms with van der Waals surface area (Å²) in [7, 11) is -3.62. The average Bonchev–Trinajstić information content (AvgIpc) is 3.19. The highest BCUT2D eigenvalue weighted by molar-refractivity contribution is 7.89. The summed E-state index contributed by atoms with van der Waals surface area (Å²) in [6.45, 7) is 2.92. The lowest BCUT2D eigenvalue weighted by Gasteiger charge is -2.23. The van der Waals surface area contributed by atoms with Gasteiger partial charge in [-0.3, -0.25) is 0 Å². The van der Waals surface area contributed by atoms with E-state index in [0.29, 0.717) is 23.3 Å². The van der Waals surface area contributed by atoms with Gasteiger partial charge in [-0.05, 0) is 25.3 Å². The maximum atomic E-state index is 12.5. The van der Waals surface area contributed by atoms with Crippen LogP contribution in [0.5, 0.6) is 0 Å². The third-order valence-corrected chi connectivity index (χ3v) is 5.78. The van der Waals surface area contributed by atoms with Gasteiger partial charge in [0.15, 0.2) is 0 Å². The second-order valence-electron chi connectivity index (χ2n) is 6.04. The Morgan fingerprint density at radius 1 is 1.42 bits per heavy atom. The van der Waals surface area contributed by atoms with Crippen LogP contribution in [-0.2, 0) is 23.0 Å². The van der Waals surface area contributed by atoms with E-state index in [0.717, 1.165) is 25.2 Å². The molecule has 1 N–H and O–H groups in total. The Bertz CT molecular complexity index is 992. The SMILES string of the molecule is Cc1noc2ncc(S(=O)(=O)NCC3CCc4nccn4C3)cc12. The molecule has 0 aromatic carbocycles. The molecule has 0 spiro atoms. The van der Waals surface area contributed by atoms with Crippen molar-refractivity contribution < 1.29 is 12.9 Å². The summed E-state index contributed by atoms with van der Waals surface area (Å²) in [5.74, 6) is 1.31. The summed E-state index contributed by atoms with van der Waals surface area (Å²) in [5.41, 5.74) is 0.959. The van der Waals surface area contributed by atoms with Gasteiger partial charge >= 0.3 is 0 Å². The third-order valence-electron chi connectivity index (χ3n) is 4.39. The number of hydrogen-bond acceptors (Lipinski definition) is 6. The normalized spacial score (nSPS) is 18.0. The Balaban J connectivity index is 1.49. The Labute approximate surface area is 138 Å². The zero-order valence-electron chi connectivity index (χ0n) is 13.1. The fourth-order valence-electron chi connectivity index (χ4n) is 2.99. The molecular formula is C15H17N5O3S. The van der Waals surface area contributed by atoms with Crippen molar-refractivity contribution >= 4 is 21.1 Å². The number of aromatic nitrogens is 4. The van der Waals surface area contributed by atoms with Crippen LogP contribution in [0, 0.1) is 12.8 Å². The van der Waals surface area contributed by atoms with Gasteiger partial charge in [-0.25, -0.2) is 23.1 Å². The number of rotatable bonds is 4. The van der Waals surface area contributed by atoms with Crippen LogP contribution >= 0.6 is 0 Å². The minimum atomic E-state index is -3.62. The van der Waals surface area contributed by atoms with Crippen molar-refractivity contribution in [1.29, 1.82) is 0 Å². The minimum Gasteiger partial charge on any atom is -0.336 e. The second kappa shape index (κ2) is 5.67. The topological polar surface area (TPSA) is 103 Å². The quantitative estimate of drug-likeness (QED) is 0.762. The molecule has 24 heavy (non-hydrogen) atoms. The molecule has 8 nitrogen and oxygen atoms in total. The van der Waals surface area contributed by atoms with E-state index < -0.39 is 10.0 Å². The van der Waals surface area contributed by atoms with Crippen molar-refractivity contribution in [1.82, 2.24) is 24.4 Å². The van der Waals surface area contributed by atoms with Crippen molar-refractivity contribution in [3.63, 3.8) is 0 Å². The van der Waals surface area contributed by atoms with Crippen LogP contribution in [0.15, 0.2) is 34.1 Å². The summed E-state index contributed by atoms with van der Waals surface area (Å²) in [6, 6.07) is 1.55. The van der Waals surface area contributed by atoms with E-state index in [2.05, 4.69) is 24.4 Å². The van der Waals surface area contributed by atoms with Gasteiger partial charge in [0.2, 0.25) is 10.0 Å². The maximum Gasteiger partial charge on any atom is 0.257 e. The van der Waals surface area contributed by atoms with Crippen molar-refractivity contribution in [3.8, 4) is 0 Å². The summed E-state index contributed by atoms with van der Waals surface area (Å²) >= 11 is 0. The molecule has 4 rings (SSSR count). The van der Waals surface area contributed by atoms with Crippen LogP contribution < -0.4 is 4.72 Å². The van der Waals surface area contributed by atoms with Crippen molar-refractivity contribution in [2.75, 3.05) is 6.54 Å². The van der Waals surface area contributed by atoms with Crippen LogP contribution in [0.2, 0.25) is 0 Å². The van der Waals surface area contributed by atoms with Crippen LogP contribution in [0.25, 0.3) is 11.1 Å². The molecule has 0 bridgehead atoms. The lowest BCUT2D eigenvalue weighted by Crippen LogP contribution is -2.33. The third kappa shape index (κ3) is 2.69. The highest BCUT2D eigenvalue weighted by atomic mass is 32.2. The molecule has 1 unspecified atom stereocenters. The number of imidazole rings is 1. The zero-order valence-corrected chi connectivity index (χ0v) is 14.0. The molecule has 3 aromatic rings. The van der Waals surface area contributed by atoms with Crippen molar-refractivity contribution in [2.45, 2.75) is 31.2 Å². The van der Waals surface area contributed by atoms with Crippen LogP contribution in [0.4, 0.5) is 0 Å². The van der Waals surface area contributed by atoms with E-state index in [1.165, 1.54) is 6.20 Å². The predicted molar refractivity (Wildman–Crippen MR) is 85.8 cm³/mol. The van der Waals surface area contributed by atoms with Gasteiger partial charge in [-0.1, -0.05) is 5.16 Å². The number of sulfonamides is 1. The Hall–Kier alpha value is -2.26. The van der Waals surface area contributed by atoms with Crippen LogP contribution in [0.3, 0.4) is 0 Å². The van der Waals surface area contributed by atoms with E-state index in [1.54, 1.807) is 19.2 Å². The number of nitrogens with zero attached hydrogens (tertiary/aromatic N) is 4. The van der Waals surface area contributed by atoms with Gasteiger partial charge in [0, 0.05) is 31.9 Å². The first-order valence-electron chi connectivity index (χ1n) is 7.74. The Morgan fingerprint density at radius 2 is 2.29 bits per heavy atom. The van der Waals surface area contributed by atoms with E-state index in [-0.39, 0.29) is 10.8 Å². The molecule has 0 aliphatic carbocycles. The van der Waals surface area contributed by atoms with Gasteiger partial charge in [-0.2, -0.15) is 0 Å². The molecule has 0 saturated carbocycles. The van der Waals surface area contributed by atoms with Crippen LogP contribution in [0.1, 0.15) is 17.9 Å². The molecule has 0 radical (unpaired) electrons. The number of fused-ring (bicyclic) bond motifs is 2. The lowest BCUT2D eigenvalue weighted by molar-refractivity contribution is 0.363. The monoisotopic (exact) mass is 347 g/mol. The molecule has 3 aromatic heterocycles. The van der Waals surface area contributed by atoms with Crippen molar-refractivity contribution in [3.05, 3.63) is 36.2 Å².